The lowest BCUT2D eigenvalue weighted by Crippen LogP contribution is -2.09. The number of hydrogen-bond donors (Lipinski definition) is 0. The number of nitrogens with zero attached hydrogens (tertiary/aromatic N) is 2. The van der Waals surface area contributed by atoms with Crippen LogP contribution >= 0.6 is 22.7 Å². The Morgan fingerprint density at radius 2 is 1.11 bits per heavy atom. The van der Waals surface area contributed by atoms with Crippen LogP contribution in [0.2, 0.25) is 0 Å². The summed E-state index contributed by atoms with van der Waals surface area (Å²) in [5.41, 5.74) is 10.7. The van der Waals surface area contributed by atoms with Gasteiger partial charge in [0.1, 0.15) is 5.01 Å². The molecule has 9 aromatic rings. The van der Waals surface area contributed by atoms with Gasteiger partial charge in [0.15, 0.2) is 0 Å². The number of rotatable bonds is 5. The summed E-state index contributed by atoms with van der Waals surface area (Å²) in [6, 6.07) is 57.0. The number of anilines is 3. The fraction of sp³-hybridized carbons (Fsp3) is 0. The Bertz CT molecular complexity index is 2590. The number of hydrogen-bond acceptors (Lipinski definition) is 4. The highest BCUT2D eigenvalue weighted by Crippen LogP contribution is 2.52. The topological polar surface area (TPSA) is 16.1 Å². The Hall–Kier alpha value is -5.55. The number of thiophene rings is 1. The lowest BCUT2D eigenvalue weighted by Gasteiger charge is -2.26. The van der Waals surface area contributed by atoms with Crippen LogP contribution in [0.25, 0.3) is 74.3 Å². The van der Waals surface area contributed by atoms with Gasteiger partial charge in [-0.1, -0.05) is 109 Å². The first-order valence-corrected chi connectivity index (χ1v) is 17.4. The van der Waals surface area contributed by atoms with Gasteiger partial charge in [0.25, 0.3) is 0 Å². The van der Waals surface area contributed by atoms with E-state index in [0.717, 1.165) is 27.8 Å². The molecular weight excluding hydrogens is 609 g/mol. The summed E-state index contributed by atoms with van der Waals surface area (Å²) in [5.74, 6) is 0. The van der Waals surface area contributed by atoms with E-state index in [4.69, 9.17) is 4.98 Å². The van der Waals surface area contributed by atoms with E-state index in [1.165, 1.54) is 63.6 Å². The fourth-order valence-electron chi connectivity index (χ4n) is 7.10. The molecule has 47 heavy (non-hydrogen) atoms. The van der Waals surface area contributed by atoms with Crippen molar-refractivity contribution in [1.82, 2.24) is 4.98 Å². The van der Waals surface area contributed by atoms with Crippen molar-refractivity contribution >= 4 is 70.7 Å². The van der Waals surface area contributed by atoms with Gasteiger partial charge in [0.2, 0.25) is 0 Å². The molecule has 2 aromatic heterocycles. The predicted octanol–water partition coefficient (Wildman–Crippen LogP) is 13.1. The first kappa shape index (κ1) is 26.6. The van der Waals surface area contributed by atoms with E-state index < -0.39 is 0 Å². The van der Waals surface area contributed by atoms with Crippen LogP contribution in [-0.2, 0) is 0 Å². The molecule has 1 aliphatic rings. The molecule has 0 fully saturated rings. The second kappa shape index (κ2) is 10.5. The average Bonchev–Trinajstić information content (AvgIpc) is 3.82. The molecule has 0 N–H and O–H groups in total. The van der Waals surface area contributed by atoms with Gasteiger partial charge in [0, 0.05) is 59.3 Å². The standard InChI is InChI=1S/C43H26N2S2/c1-3-10-28(11-4-1)43-44-41-35-24-23-32(34-15-9-16-36(40(34)35)42(41)47-43)27-18-20-30(21-19-27)45(29-12-5-2-6-13-29)31-22-25-39-37(26-31)33-14-7-8-17-38(33)46-39/h1-26H. The Morgan fingerprint density at radius 3 is 1.96 bits per heavy atom. The molecule has 0 unspecified atom stereocenters. The smallest absolute Gasteiger partial charge is 0.124 e. The van der Waals surface area contributed by atoms with Crippen LogP contribution in [0, 0.1) is 0 Å². The Balaban J connectivity index is 1.06. The zero-order valence-electron chi connectivity index (χ0n) is 25.2. The summed E-state index contributed by atoms with van der Waals surface area (Å²) < 4.78 is 2.63. The Labute approximate surface area is 280 Å². The van der Waals surface area contributed by atoms with Crippen LogP contribution in [0.15, 0.2) is 158 Å². The molecule has 2 nitrogen and oxygen atoms in total. The molecule has 220 valence electrons. The van der Waals surface area contributed by atoms with Gasteiger partial charge in [-0.25, -0.2) is 4.98 Å². The molecule has 0 spiro atoms. The fourth-order valence-corrected chi connectivity index (χ4v) is 9.30. The quantitative estimate of drug-likeness (QED) is 0.187. The van der Waals surface area contributed by atoms with E-state index >= 15 is 0 Å². The van der Waals surface area contributed by atoms with Gasteiger partial charge in [-0.15, -0.1) is 22.7 Å². The molecule has 0 aliphatic heterocycles. The van der Waals surface area contributed by atoms with Crippen molar-refractivity contribution in [3.63, 3.8) is 0 Å². The number of aromatic nitrogens is 1. The molecule has 0 radical (unpaired) electrons. The van der Waals surface area contributed by atoms with Crippen molar-refractivity contribution in [3.8, 4) is 43.4 Å². The maximum atomic E-state index is 5.14. The molecule has 0 saturated heterocycles. The van der Waals surface area contributed by atoms with Gasteiger partial charge >= 0.3 is 0 Å². The van der Waals surface area contributed by atoms with Crippen LogP contribution < -0.4 is 4.90 Å². The van der Waals surface area contributed by atoms with Gasteiger partial charge in [-0.05, 0) is 65.0 Å². The second-order valence-corrected chi connectivity index (χ2v) is 14.0. The van der Waals surface area contributed by atoms with Crippen LogP contribution in [-0.4, -0.2) is 4.98 Å². The minimum absolute atomic E-state index is 1.08. The highest BCUT2D eigenvalue weighted by Gasteiger charge is 2.27. The third kappa shape index (κ3) is 4.19. The summed E-state index contributed by atoms with van der Waals surface area (Å²) in [7, 11) is 0. The van der Waals surface area contributed by atoms with Crippen LogP contribution in [0.1, 0.15) is 0 Å². The SMILES string of the molecule is c1ccc(-c2nc3c(s2)-c2cccc4c(-c5ccc(N(c6ccccc6)c6ccc7sc8ccccc8c7c6)cc5)ccc-3c24)cc1. The zero-order valence-corrected chi connectivity index (χ0v) is 26.9. The minimum atomic E-state index is 1.08. The van der Waals surface area contributed by atoms with Crippen molar-refractivity contribution in [2.24, 2.45) is 0 Å². The Morgan fingerprint density at radius 1 is 0.426 bits per heavy atom. The molecular formula is C43H26N2S2. The van der Waals surface area contributed by atoms with E-state index in [1.54, 1.807) is 11.3 Å². The molecule has 7 aromatic carbocycles. The average molecular weight is 635 g/mol. The molecule has 0 atom stereocenters. The van der Waals surface area contributed by atoms with Crippen molar-refractivity contribution in [2.45, 2.75) is 0 Å². The van der Waals surface area contributed by atoms with E-state index in [9.17, 15) is 0 Å². The van der Waals surface area contributed by atoms with Crippen molar-refractivity contribution < 1.29 is 0 Å². The molecule has 10 rings (SSSR count). The maximum Gasteiger partial charge on any atom is 0.124 e. The summed E-state index contributed by atoms with van der Waals surface area (Å²) in [6.45, 7) is 0. The second-order valence-electron chi connectivity index (χ2n) is 11.9. The van der Waals surface area contributed by atoms with Gasteiger partial charge in [-0.2, -0.15) is 0 Å². The van der Waals surface area contributed by atoms with E-state index in [0.29, 0.717) is 0 Å². The highest BCUT2D eigenvalue weighted by molar-refractivity contribution is 7.25. The van der Waals surface area contributed by atoms with E-state index in [-0.39, 0.29) is 0 Å². The monoisotopic (exact) mass is 634 g/mol. The Kier molecular flexibility index (Phi) is 5.95. The van der Waals surface area contributed by atoms with Gasteiger partial charge in [0.05, 0.1) is 10.6 Å². The van der Waals surface area contributed by atoms with Crippen molar-refractivity contribution in [1.29, 1.82) is 0 Å². The molecule has 4 heteroatoms. The van der Waals surface area contributed by atoms with Crippen LogP contribution in [0.5, 0.6) is 0 Å². The van der Waals surface area contributed by atoms with Crippen molar-refractivity contribution in [2.75, 3.05) is 4.90 Å². The summed E-state index contributed by atoms with van der Waals surface area (Å²) in [4.78, 5) is 8.77. The van der Waals surface area contributed by atoms with Gasteiger partial charge in [-0.3, -0.25) is 0 Å². The normalized spacial score (nSPS) is 11.8. The first-order chi connectivity index (χ1) is 23.3. The van der Waals surface area contributed by atoms with E-state index in [1.807, 2.05) is 11.3 Å². The first-order valence-electron chi connectivity index (χ1n) is 15.8. The number of fused-ring (bicyclic) bond motifs is 6. The highest BCUT2D eigenvalue weighted by atomic mass is 32.1. The molecule has 2 heterocycles. The molecule has 0 saturated carbocycles. The number of benzene rings is 7. The zero-order chi connectivity index (χ0) is 30.9. The van der Waals surface area contributed by atoms with Crippen LogP contribution in [0.3, 0.4) is 0 Å². The maximum absolute atomic E-state index is 5.14. The molecule has 0 amide bonds. The third-order valence-corrected chi connectivity index (χ3v) is 11.5. The number of para-hydroxylation sites is 1. The van der Waals surface area contributed by atoms with Crippen molar-refractivity contribution in [3.05, 3.63) is 158 Å². The number of thiazole rings is 1. The lowest BCUT2D eigenvalue weighted by atomic mass is 9.94. The minimum Gasteiger partial charge on any atom is -0.310 e. The molecule has 0 bridgehead atoms. The lowest BCUT2D eigenvalue weighted by molar-refractivity contribution is 1.29. The summed E-state index contributed by atoms with van der Waals surface area (Å²) in [5, 5.41) is 6.27. The predicted molar refractivity (Wildman–Crippen MR) is 202 cm³/mol. The largest absolute Gasteiger partial charge is 0.310 e. The van der Waals surface area contributed by atoms with E-state index in [2.05, 4.69) is 163 Å². The summed E-state index contributed by atoms with van der Waals surface area (Å²) in [6.07, 6.45) is 0. The molecule has 1 aliphatic carbocycles. The third-order valence-electron chi connectivity index (χ3n) is 9.26. The summed E-state index contributed by atoms with van der Waals surface area (Å²) >= 11 is 3.65. The van der Waals surface area contributed by atoms with Gasteiger partial charge < -0.3 is 4.90 Å². The van der Waals surface area contributed by atoms with Crippen LogP contribution in [0.4, 0.5) is 17.1 Å².